The minimum Gasteiger partial charge on any atom is -0.508 e. The van der Waals surface area contributed by atoms with E-state index in [2.05, 4.69) is 31.1 Å². The van der Waals surface area contributed by atoms with Crippen LogP contribution in [0.15, 0.2) is 100.0 Å². The largest absolute Gasteiger partial charge is 0.508 e. The van der Waals surface area contributed by atoms with Gasteiger partial charge in [-0.15, -0.1) is 11.8 Å². The minimum atomic E-state index is -4.40. The predicted molar refractivity (Wildman–Crippen MR) is 188 cm³/mol. The van der Waals surface area contributed by atoms with Crippen LogP contribution in [-0.2, 0) is 20.7 Å². The number of amides is 2. The van der Waals surface area contributed by atoms with Crippen molar-refractivity contribution in [3.63, 3.8) is 0 Å². The van der Waals surface area contributed by atoms with Crippen LogP contribution in [0.3, 0.4) is 0 Å². The van der Waals surface area contributed by atoms with E-state index in [9.17, 15) is 27.7 Å². The van der Waals surface area contributed by atoms with Crippen molar-refractivity contribution >= 4 is 51.8 Å². The number of carbonyl (C=O) groups excluding carboxylic acids is 2. The number of hydrogen-bond acceptors (Lipinski definition) is 11. The Morgan fingerprint density at radius 1 is 1.00 bits per heavy atom. The lowest BCUT2D eigenvalue weighted by Gasteiger charge is -2.10. The number of benzene rings is 2. The van der Waals surface area contributed by atoms with Crippen LogP contribution in [0.25, 0.3) is 6.08 Å². The van der Waals surface area contributed by atoms with E-state index >= 15 is 0 Å². The standard InChI is InChI=1S/C34H36N6O7S2/c1-2-20-47-30-15-9-26(23-48-28-12-10-27(41)11-13-28)39-29(30)14-17-33(42)35-18-5-19-36-34(43)25-8-16-32(37-21-25)40-38-22-24-6-3-4-7-31(24)49(44,45)46/h3-4,6-17,21-22,41H,2,5,18-20,23H2,1H3,(H,35,42)(H,36,43)(H,37,40)(H,44,45,46)/b17-14+,38-22-. The molecule has 0 fully saturated rings. The summed E-state index contributed by atoms with van der Waals surface area (Å²) in [4.78, 5) is 34.5. The molecule has 2 aromatic carbocycles. The van der Waals surface area contributed by atoms with E-state index < -0.39 is 10.1 Å². The second-order valence-electron chi connectivity index (χ2n) is 10.4. The van der Waals surface area contributed by atoms with Crippen molar-refractivity contribution in [2.75, 3.05) is 25.1 Å². The fourth-order valence-electron chi connectivity index (χ4n) is 4.14. The van der Waals surface area contributed by atoms with Crippen LogP contribution in [-0.4, -0.2) is 65.8 Å². The molecule has 0 saturated carbocycles. The van der Waals surface area contributed by atoms with Gasteiger partial charge in [0.25, 0.3) is 16.0 Å². The predicted octanol–water partition coefficient (Wildman–Crippen LogP) is 4.91. The van der Waals surface area contributed by atoms with Gasteiger partial charge < -0.3 is 20.5 Å². The zero-order valence-corrected chi connectivity index (χ0v) is 28.2. The highest BCUT2D eigenvalue weighted by Gasteiger charge is 2.13. The van der Waals surface area contributed by atoms with Crippen LogP contribution < -0.4 is 20.8 Å². The van der Waals surface area contributed by atoms with Crippen molar-refractivity contribution in [1.82, 2.24) is 20.6 Å². The Labute approximate surface area is 288 Å². The Balaban J connectivity index is 1.20. The first-order chi connectivity index (χ1) is 23.6. The van der Waals surface area contributed by atoms with Gasteiger partial charge in [-0.3, -0.25) is 19.6 Å². The van der Waals surface area contributed by atoms with Crippen LogP contribution in [0.2, 0.25) is 0 Å². The number of phenolic OH excluding ortho intramolecular Hbond substituents is 1. The molecular weight excluding hydrogens is 669 g/mol. The molecule has 2 heterocycles. The summed E-state index contributed by atoms with van der Waals surface area (Å²) in [5.74, 6) is 1.05. The molecule has 256 valence electrons. The van der Waals surface area contributed by atoms with E-state index in [-0.39, 0.29) is 28.0 Å². The number of nitrogens with zero attached hydrogens (tertiary/aromatic N) is 3. The van der Waals surface area contributed by atoms with Crippen molar-refractivity contribution in [2.24, 2.45) is 5.10 Å². The second kappa shape index (κ2) is 18.3. The molecule has 0 spiro atoms. The summed E-state index contributed by atoms with van der Waals surface area (Å²) in [6.07, 6.45) is 6.92. The van der Waals surface area contributed by atoms with E-state index in [1.54, 1.807) is 42.1 Å². The smallest absolute Gasteiger partial charge is 0.295 e. The monoisotopic (exact) mass is 704 g/mol. The topological polar surface area (TPSA) is 192 Å². The average molecular weight is 705 g/mol. The highest BCUT2D eigenvalue weighted by atomic mass is 32.2. The third-order valence-corrected chi connectivity index (χ3v) is 8.54. The first kappa shape index (κ1) is 36.6. The number of pyridine rings is 2. The molecule has 13 nitrogen and oxygen atoms in total. The van der Waals surface area contributed by atoms with Gasteiger partial charge in [0.15, 0.2) is 0 Å². The second-order valence-corrected chi connectivity index (χ2v) is 12.8. The van der Waals surface area contributed by atoms with Gasteiger partial charge in [-0.25, -0.2) is 9.97 Å². The Hall–Kier alpha value is -5.25. The Morgan fingerprint density at radius 3 is 2.51 bits per heavy atom. The van der Waals surface area contributed by atoms with Crippen LogP contribution in [0.4, 0.5) is 5.82 Å². The summed E-state index contributed by atoms with van der Waals surface area (Å²) >= 11 is 1.58. The molecule has 5 N–H and O–H groups in total. The van der Waals surface area contributed by atoms with Crippen molar-refractivity contribution in [3.8, 4) is 11.5 Å². The lowest BCUT2D eigenvalue weighted by Crippen LogP contribution is -2.29. The molecule has 4 aromatic rings. The molecule has 49 heavy (non-hydrogen) atoms. The lowest BCUT2D eigenvalue weighted by atomic mass is 10.2. The number of rotatable bonds is 17. The zero-order chi connectivity index (χ0) is 35.1. The number of nitrogens with one attached hydrogen (secondary N) is 3. The van der Waals surface area contributed by atoms with E-state index in [1.165, 1.54) is 42.8 Å². The van der Waals surface area contributed by atoms with Crippen molar-refractivity contribution in [3.05, 3.63) is 108 Å². The van der Waals surface area contributed by atoms with Gasteiger partial charge in [0.1, 0.15) is 27.9 Å². The van der Waals surface area contributed by atoms with Gasteiger partial charge in [-0.1, -0.05) is 25.1 Å². The van der Waals surface area contributed by atoms with E-state index in [0.29, 0.717) is 54.7 Å². The van der Waals surface area contributed by atoms with Crippen LogP contribution >= 0.6 is 11.8 Å². The fourth-order valence-corrected chi connectivity index (χ4v) is 5.61. The molecule has 4 rings (SSSR count). The molecule has 15 heteroatoms. The number of thioether (sulfide) groups is 1. The number of hydrazone groups is 1. The Bertz CT molecular complexity index is 1880. The van der Waals surface area contributed by atoms with Crippen molar-refractivity contribution < 1.29 is 32.4 Å². The summed E-state index contributed by atoms with van der Waals surface area (Å²) in [7, 11) is -4.40. The maximum Gasteiger partial charge on any atom is 0.295 e. The van der Waals surface area contributed by atoms with E-state index in [4.69, 9.17) is 4.74 Å². The van der Waals surface area contributed by atoms with E-state index in [0.717, 1.165) is 17.0 Å². The van der Waals surface area contributed by atoms with Gasteiger partial charge in [0.2, 0.25) is 5.91 Å². The maximum absolute atomic E-state index is 12.5. The third kappa shape index (κ3) is 12.1. The molecule has 0 atom stereocenters. The van der Waals surface area contributed by atoms with Crippen molar-refractivity contribution in [2.45, 2.75) is 35.3 Å². The first-order valence-corrected chi connectivity index (χ1v) is 17.6. The van der Waals surface area contributed by atoms with Gasteiger partial charge in [-0.05, 0) is 73.5 Å². The molecule has 0 aliphatic rings. The average Bonchev–Trinajstić information content (AvgIpc) is 3.09. The SMILES string of the molecule is CCCOc1ccc(CSc2ccc(O)cc2)nc1/C=C/C(=O)NCCCNC(=O)c1ccc(N/N=C\c2ccccc2S(=O)(=O)O)nc1. The van der Waals surface area contributed by atoms with Crippen LogP contribution in [0, 0.1) is 0 Å². The Kier molecular flexibility index (Phi) is 13.7. The summed E-state index contributed by atoms with van der Waals surface area (Å²) < 4.78 is 38.1. The van der Waals surface area contributed by atoms with Gasteiger partial charge in [0.05, 0.1) is 24.1 Å². The molecular formula is C34H36N6O7S2. The Morgan fingerprint density at radius 2 is 1.78 bits per heavy atom. The highest BCUT2D eigenvalue weighted by molar-refractivity contribution is 7.98. The normalized spacial score (nSPS) is 11.5. The molecule has 0 aliphatic heterocycles. The summed E-state index contributed by atoms with van der Waals surface area (Å²) in [6, 6.07) is 19.6. The maximum atomic E-state index is 12.5. The van der Waals surface area contributed by atoms with Gasteiger partial charge >= 0.3 is 0 Å². The molecule has 0 radical (unpaired) electrons. The minimum absolute atomic E-state index is 0.187. The molecule has 0 bridgehead atoms. The highest BCUT2D eigenvalue weighted by Crippen LogP contribution is 2.26. The van der Waals surface area contributed by atoms with Gasteiger partial charge in [0, 0.05) is 41.6 Å². The van der Waals surface area contributed by atoms with Crippen LogP contribution in [0.1, 0.15) is 47.1 Å². The number of anilines is 1. The summed E-state index contributed by atoms with van der Waals surface area (Å²) in [6.45, 7) is 3.17. The fraction of sp³-hybridized carbons (Fsp3) is 0.206. The van der Waals surface area contributed by atoms with Crippen molar-refractivity contribution in [1.29, 1.82) is 0 Å². The number of phenols is 1. The van der Waals surface area contributed by atoms with Gasteiger partial charge in [-0.2, -0.15) is 13.5 Å². The third-order valence-electron chi connectivity index (χ3n) is 6.56. The molecule has 0 aliphatic carbocycles. The molecule has 0 unspecified atom stereocenters. The summed E-state index contributed by atoms with van der Waals surface area (Å²) in [5, 5.41) is 19.0. The number of aromatic hydroxyl groups is 1. The lowest BCUT2D eigenvalue weighted by molar-refractivity contribution is -0.116. The number of aromatic nitrogens is 2. The molecule has 2 aromatic heterocycles. The zero-order valence-electron chi connectivity index (χ0n) is 26.6. The van der Waals surface area contributed by atoms with E-state index in [1.807, 2.05) is 31.2 Å². The number of ether oxygens (including phenoxy) is 1. The molecule has 0 saturated heterocycles. The number of hydrogen-bond donors (Lipinski definition) is 5. The molecule has 2 amide bonds. The number of carbonyl (C=O) groups is 2. The quantitative estimate of drug-likeness (QED) is 0.0251. The first-order valence-electron chi connectivity index (χ1n) is 15.2. The summed E-state index contributed by atoms with van der Waals surface area (Å²) in [5.41, 5.74) is 4.50. The van der Waals surface area contributed by atoms with Crippen LogP contribution in [0.5, 0.6) is 11.5 Å².